The summed E-state index contributed by atoms with van der Waals surface area (Å²) in [5.41, 5.74) is 5.12. The van der Waals surface area contributed by atoms with E-state index in [0.29, 0.717) is 5.41 Å². The molecule has 19 heavy (non-hydrogen) atoms. The van der Waals surface area contributed by atoms with Crippen molar-refractivity contribution >= 4 is 5.57 Å². The smallest absolute Gasteiger partial charge is 0.0121 e. The van der Waals surface area contributed by atoms with Crippen LogP contribution in [0.25, 0.3) is 5.57 Å². The van der Waals surface area contributed by atoms with E-state index in [0.717, 1.165) is 17.8 Å². The fraction of sp³-hybridized carbons (Fsp3) is 0.579. The van der Waals surface area contributed by atoms with Crippen LogP contribution in [-0.4, -0.2) is 0 Å². The Hall–Kier alpha value is -1.04. The van der Waals surface area contributed by atoms with Gasteiger partial charge >= 0.3 is 0 Å². The molecule has 1 aromatic carbocycles. The second kappa shape index (κ2) is 3.98. The van der Waals surface area contributed by atoms with E-state index in [9.17, 15) is 0 Å². The minimum atomic E-state index is 0.647. The number of rotatable bonds is 0. The molecule has 4 atom stereocenters. The maximum Gasteiger partial charge on any atom is -0.0121 e. The Balaban J connectivity index is 1.78. The summed E-state index contributed by atoms with van der Waals surface area (Å²) in [6.45, 7) is 6.94. The standard InChI is InChI=1S/C19H24/c1-13-12-17-16(15-7-4-3-6-14(13)15)9-11-19(2)10-5-8-18(17)19/h3-4,6-7,16-18H,1,5,8-12H2,2H3/t16-,17-,18+,19+/m1/s1. The minimum absolute atomic E-state index is 0.647. The molecule has 1 aromatic rings. The van der Waals surface area contributed by atoms with Gasteiger partial charge in [0.2, 0.25) is 0 Å². The van der Waals surface area contributed by atoms with Crippen LogP contribution in [0.3, 0.4) is 0 Å². The lowest BCUT2D eigenvalue weighted by molar-refractivity contribution is 0.0703. The van der Waals surface area contributed by atoms with Crippen LogP contribution in [0.5, 0.6) is 0 Å². The Morgan fingerprint density at radius 2 is 2.00 bits per heavy atom. The minimum Gasteiger partial charge on any atom is -0.0952 e. The van der Waals surface area contributed by atoms with Gasteiger partial charge in [0.05, 0.1) is 0 Å². The third kappa shape index (κ3) is 1.58. The first kappa shape index (κ1) is 11.8. The van der Waals surface area contributed by atoms with Crippen molar-refractivity contribution in [3.63, 3.8) is 0 Å². The SMILES string of the molecule is C=C1C[C@@H]2[C@H](CC[C@]3(C)CCC[C@@H]23)c2ccccc21. The largest absolute Gasteiger partial charge is 0.0952 e. The monoisotopic (exact) mass is 252 g/mol. The van der Waals surface area contributed by atoms with Crippen molar-refractivity contribution in [3.05, 3.63) is 42.0 Å². The van der Waals surface area contributed by atoms with Gasteiger partial charge in [0.15, 0.2) is 0 Å². The van der Waals surface area contributed by atoms with E-state index < -0.39 is 0 Å². The molecule has 0 unspecified atom stereocenters. The summed E-state index contributed by atoms with van der Waals surface area (Å²) in [6.07, 6.45) is 8.49. The van der Waals surface area contributed by atoms with Gasteiger partial charge in [-0.1, -0.05) is 44.2 Å². The van der Waals surface area contributed by atoms with E-state index in [4.69, 9.17) is 0 Å². The summed E-state index contributed by atoms with van der Waals surface area (Å²) in [5, 5.41) is 0. The number of allylic oxidation sites excluding steroid dienone is 1. The third-order valence-corrected chi connectivity index (χ3v) is 6.44. The van der Waals surface area contributed by atoms with E-state index in [2.05, 4.69) is 37.8 Å². The third-order valence-electron chi connectivity index (χ3n) is 6.44. The highest BCUT2D eigenvalue weighted by Crippen LogP contribution is 2.61. The number of hydrogen-bond acceptors (Lipinski definition) is 0. The molecule has 0 nitrogen and oxygen atoms in total. The van der Waals surface area contributed by atoms with E-state index in [1.54, 1.807) is 5.56 Å². The van der Waals surface area contributed by atoms with Crippen molar-refractivity contribution in [2.45, 2.75) is 51.4 Å². The molecule has 0 radical (unpaired) electrons. The summed E-state index contributed by atoms with van der Waals surface area (Å²) in [7, 11) is 0. The molecule has 0 aromatic heterocycles. The maximum atomic E-state index is 4.38. The number of hydrogen-bond donors (Lipinski definition) is 0. The van der Waals surface area contributed by atoms with E-state index in [1.165, 1.54) is 49.7 Å². The molecule has 0 aliphatic heterocycles. The molecular formula is C19H24. The van der Waals surface area contributed by atoms with Gasteiger partial charge in [0.25, 0.3) is 0 Å². The predicted molar refractivity (Wildman–Crippen MR) is 81.0 cm³/mol. The van der Waals surface area contributed by atoms with Crippen molar-refractivity contribution in [1.82, 2.24) is 0 Å². The second-order valence-corrected chi connectivity index (χ2v) is 7.36. The molecule has 0 spiro atoms. The molecule has 2 saturated carbocycles. The van der Waals surface area contributed by atoms with Gasteiger partial charge in [-0.3, -0.25) is 0 Å². The van der Waals surface area contributed by atoms with E-state index in [1.807, 2.05) is 0 Å². The Labute approximate surface area is 116 Å². The average molecular weight is 252 g/mol. The Kier molecular flexibility index (Phi) is 2.46. The fourth-order valence-electron chi connectivity index (χ4n) is 5.49. The summed E-state index contributed by atoms with van der Waals surface area (Å²) in [5.74, 6) is 2.65. The lowest BCUT2D eigenvalue weighted by atomic mass is 9.55. The first-order chi connectivity index (χ1) is 9.19. The highest BCUT2D eigenvalue weighted by molar-refractivity contribution is 5.69. The van der Waals surface area contributed by atoms with Crippen LogP contribution in [0.15, 0.2) is 30.8 Å². The molecule has 2 fully saturated rings. The van der Waals surface area contributed by atoms with Crippen molar-refractivity contribution in [3.8, 4) is 0 Å². The number of benzene rings is 1. The topological polar surface area (TPSA) is 0 Å². The molecule has 4 rings (SSSR count). The molecule has 0 N–H and O–H groups in total. The molecule has 0 heterocycles. The zero-order valence-corrected chi connectivity index (χ0v) is 12.0. The van der Waals surface area contributed by atoms with Crippen LogP contribution >= 0.6 is 0 Å². The molecule has 3 aliphatic carbocycles. The fourth-order valence-corrected chi connectivity index (χ4v) is 5.49. The van der Waals surface area contributed by atoms with Crippen molar-refractivity contribution in [2.24, 2.45) is 17.3 Å². The molecule has 100 valence electrons. The molecule has 3 aliphatic rings. The van der Waals surface area contributed by atoms with Crippen LogP contribution in [0.2, 0.25) is 0 Å². The number of fused-ring (bicyclic) bond motifs is 5. The van der Waals surface area contributed by atoms with Gasteiger partial charge in [-0.15, -0.1) is 0 Å². The molecule has 0 bridgehead atoms. The normalized spacial score (nSPS) is 40.5. The highest BCUT2D eigenvalue weighted by Gasteiger charge is 2.50. The van der Waals surface area contributed by atoms with Gasteiger partial charge in [-0.25, -0.2) is 0 Å². The summed E-state index contributed by atoms with van der Waals surface area (Å²) in [6, 6.07) is 9.05. The molecule has 0 amide bonds. The van der Waals surface area contributed by atoms with Gasteiger partial charge in [-0.05, 0) is 72.0 Å². The zero-order chi connectivity index (χ0) is 13.0. The lowest BCUT2D eigenvalue weighted by Crippen LogP contribution is -2.39. The Morgan fingerprint density at radius 1 is 1.16 bits per heavy atom. The Bertz CT molecular complexity index is 527. The first-order valence-corrected chi connectivity index (χ1v) is 7.96. The molecular weight excluding hydrogens is 228 g/mol. The molecule has 0 saturated heterocycles. The van der Waals surface area contributed by atoms with Crippen molar-refractivity contribution < 1.29 is 0 Å². The van der Waals surface area contributed by atoms with Crippen LogP contribution in [0, 0.1) is 17.3 Å². The van der Waals surface area contributed by atoms with E-state index >= 15 is 0 Å². The van der Waals surface area contributed by atoms with Gasteiger partial charge < -0.3 is 0 Å². The predicted octanol–water partition coefficient (Wildman–Crippen LogP) is 5.40. The van der Waals surface area contributed by atoms with Crippen LogP contribution in [-0.2, 0) is 0 Å². The highest BCUT2D eigenvalue weighted by atomic mass is 14.5. The van der Waals surface area contributed by atoms with Gasteiger partial charge in [0, 0.05) is 0 Å². The van der Waals surface area contributed by atoms with E-state index in [-0.39, 0.29) is 0 Å². The van der Waals surface area contributed by atoms with Crippen molar-refractivity contribution in [1.29, 1.82) is 0 Å². The summed E-state index contributed by atoms with van der Waals surface area (Å²) >= 11 is 0. The second-order valence-electron chi connectivity index (χ2n) is 7.36. The average Bonchev–Trinajstić information content (AvgIpc) is 2.81. The summed E-state index contributed by atoms with van der Waals surface area (Å²) < 4.78 is 0. The van der Waals surface area contributed by atoms with Crippen molar-refractivity contribution in [2.75, 3.05) is 0 Å². The maximum absolute atomic E-state index is 4.38. The first-order valence-electron chi connectivity index (χ1n) is 7.96. The van der Waals surface area contributed by atoms with Crippen LogP contribution < -0.4 is 0 Å². The van der Waals surface area contributed by atoms with Crippen LogP contribution in [0.4, 0.5) is 0 Å². The Morgan fingerprint density at radius 3 is 2.89 bits per heavy atom. The summed E-state index contributed by atoms with van der Waals surface area (Å²) in [4.78, 5) is 0. The van der Waals surface area contributed by atoms with Gasteiger partial charge in [0.1, 0.15) is 0 Å². The van der Waals surface area contributed by atoms with Gasteiger partial charge in [-0.2, -0.15) is 0 Å². The molecule has 0 heteroatoms. The quantitative estimate of drug-likeness (QED) is 0.579. The zero-order valence-electron chi connectivity index (χ0n) is 12.0. The lowest BCUT2D eigenvalue weighted by Gasteiger charge is -2.49. The van der Waals surface area contributed by atoms with Crippen LogP contribution in [0.1, 0.15) is 62.5 Å².